The summed E-state index contributed by atoms with van der Waals surface area (Å²) in [5, 5.41) is 8.87. The molecule has 3 rings (SSSR count). The molecule has 0 saturated carbocycles. The predicted molar refractivity (Wildman–Crippen MR) is 94.2 cm³/mol. The lowest BCUT2D eigenvalue weighted by atomic mass is 9.99. The van der Waals surface area contributed by atoms with E-state index in [-0.39, 0.29) is 0 Å². The van der Waals surface area contributed by atoms with Crippen molar-refractivity contribution < 1.29 is 12.8 Å². The molecule has 3 aromatic rings. The SMILES string of the molecule is NS(=O)(=O)c1ccc(-c2cscc2-c2cccc(Br)c2)cc1F. The van der Waals surface area contributed by atoms with Crippen molar-refractivity contribution in [2.75, 3.05) is 0 Å². The molecule has 3 nitrogen and oxygen atoms in total. The van der Waals surface area contributed by atoms with Gasteiger partial charge in [-0.3, -0.25) is 0 Å². The molecule has 0 bridgehead atoms. The number of halogens is 2. The molecule has 0 aliphatic carbocycles. The third kappa shape index (κ3) is 3.37. The molecule has 23 heavy (non-hydrogen) atoms. The molecule has 0 unspecified atom stereocenters. The highest BCUT2D eigenvalue weighted by atomic mass is 79.9. The van der Waals surface area contributed by atoms with Crippen LogP contribution in [0.2, 0.25) is 0 Å². The summed E-state index contributed by atoms with van der Waals surface area (Å²) in [6, 6.07) is 11.7. The second-order valence-electron chi connectivity index (χ2n) is 4.90. The first-order valence-corrected chi connectivity index (χ1v) is 9.79. The van der Waals surface area contributed by atoms with Gasteiger partial charge in [-0.1, -0.05) is 34.1 Å². The standard InChI is InChI=1S/C16H11BrFNO2S2/c17-12-3-1-2-10(6-12)13-8-22-9-14(13)11-4-5-16(15(18)7-11)23(19,20)21/h1-9H,(H2,19,20,21). The second kappa shape index (κ2) is 6.16. The zero-order valence-corrected chi connectivity index (χ0v) is 14.9. The first-order valence-electron chi connectivity index (χ1n) is 6.51. The van der Waals surface area contributed by atoms with Crippen LogP contribution in [0, 0.1) is 5.82 Å². The molecule has 0 radical (unpaired) electrons. The highest BCUT2D eigenvalue weighted by Gasteiger charge is 2.16. The topological polar surface area (TPSA) is 60.2 Å². The monoisotopic (exact) mass is 411 g/mol. The highest BCUT2D eigenvalue weighted by Crippen LogP contribution is 2.37. The van der Waals surface area contributed by atoms with Crippen LogP contribution in [0.25, 0.3) is 22.3 Å². The summed E-state index contributed by atoms with van der Waals surface area (Å²) in [7, 11) is -4.07. The second-order valence-corrected chi connectivity index (χ2v) is 8.09. The molecule has 118 valence electrons. The van der Waals surface area contributed by atoms with Gasteiger partial charge in [0, 0.05) is 15.6 Å². The Kier molecular flexibility index (Phi) is 4.37. The predicted octanol–water partition coefficient (Wildman–Crippen LogP) is 4.63. The van der Waals surface area contributed by atoms with E-state index in [1.165, 1.54) is 23.5 Å². The van der Waals surface area contributed by atoms with Gasteiger partial charge in [0.2, 0.25) is 10.0 Å². The Morgan fingerprint density at radius 3 is 2.22 bits per heavy atom. The van der Waals surface area contributed by atoms with E-state index in [0.717, 1.165) is 21.2 Å². The van der Waals surface area contributed by atoms with E-state index in [1.807, 2.05) is 35.0 Å². The molecule has 0 aliphatic heterocycles. The molecular formula is C16H11BrFNO2S2. The Labute approximate surface area is 145 Å². The lowest BCUT2D eigenvalue weighted by Gasteiger charge is -2.07. The van der Waals surface area contributed by atoms with Gasteiger partial charge >= 0.3 is 0 Å². The summed E-state index contributed by atoms with van der Waals surface area (Å²) in [6.07, 6.45) is 0. The molecule has 0 spiro atoms. The van der Waals surface area contributed by atoms with Gasteiger partial charge in [-0.05, 0) is 46.2 Å². The van der Waals surface area contributed by atoms with Gasteiger partial charge in [0.1, 0.15) is 10.7 Å². The Morgan fingerprint density at radius 1 is 1.00 bits per heavy atom. The highest BCUT2D eigenvalue weighted by molar-refractivity contribution is 9.10. The van der Waals surface area contributed by atoms with Crippen LogP contribution >= 0.6 is 27.3 Å². The summed E-state index contributed by atoms with van der Waals surface area (Å²) in [5.74, 6) is -0.851. The molecule has 1 aromatic heterocycles. The Hall–Kier alpha value is -1.54. The fourth-order valence-electron chi connectivity index (χ4n) is 2.30. The van der Waals surface area contributed by atoms with E-state index in [2.05, 4.69) is 15.9 Å². The normalized spacial score (nSPS) is 11.6. The van der Waals surface area contributed by atoms with E-state index < -0.39 is 20.7 Å². The summed E-state index contributed by atoms with van der Waals surface area (Å²) < 4.78 is 37.6. The maximum absolute atomic E-state index is 14.1. The molecule has 2 N–H and O–H groups in total. The number of primary sulfonamides is 1. The molecule has 0 saturated heterocycles. The summed E-state index contributed by atoms with van der Waals surface area (Å²) in [6.45, 7) is 0. The van der Waals surface area contributed by atoms with Crippen molar-refractivity contribution in [3.05, 3.63) is 63.5 Å². The summed E-state index contributed by atoms with van der Waals surface area (Å²) >= 11 is 4.93. The number of nitrogens with two attached hydrogens (primary N) is 1. The van der Waals surface area contributed by atoms with Crippen molar-refractivity contribution in [2.45, 2.75) is 4.90 Å². The van der Waals surface area contributed by atoms with Crippen LogP contribution in [-0.2, 0) is 10.0 Å². The minimum Gasteiger partial charge on any atom is -0.225 e. The first kappa shape index (κ1) is 16.3. The molecule has 0 fully saturated rings. The fourth-order valence-corrected chi connectivity index (χ4v) is 4.15. The largest absolute Gasteiger partial charge is 0.240 e. The minimum absolute atomic E-state index is 0.500. The van der Waals surface area contributed by atoms with Crippen molar-refractivity contribution in [1.82, 2.24) is 0 Å². The summed E-state index contributed by atoms with van der Waals surface area (Å²) in [4.78, 5) is -0.500. The Bertz CT molecular complexity index is 983. The third-order valence-electron chi connectivity index (χ3n) is 3.35. The third-order valence-corrected chi connectivity index (χ3v) is 5.53. The zero-order chi connectivity index (χ0) is 16.6. The zero-order valence-electron chi connectivity index (χ0n) is 11.7. The van der Waals surface area contributed by atoms with Gasteiger partial charge in [0.25, 0.3) is 0 Å². The van der Waals surface area contributed by atoms with Crippen LogP contribution < -0.4 is 5.14 Å². The lowest BCUT2D eigenvalue weighted by molar-refractivity contribution is 0.568. The quantitative estimate of drug-likeness (QED) is 0.682. The van der Waals surface area contributed by atoms with Crippen molar-refractivity contribution in [1.29, 1.82) is 0 Å². The number of sulfonamides is 1. The van der Waals surface area contributed by atoms with Crippen LogP contribution in [0.3, 0.4) is 0 Å². The van der Waals surface area contributed by atoms with Crippen LogP contribution in [0.1, 0.15) is 0 Å². The average Bonchev–Trinajstić information content (AvgIpc) is 2.95. The van der Waals surface area contributed by atoms with Gasteiger partial charge in [-0.15, -0.1) is 0 Å². The van der Waals surface area contributed by atoms with Gasteiger partial charge in [-0.2, -0.15) is 11.3 Å². The van der Waals surface area contributed by atoms with Crippen LogP contribution in [0.15, 0.2) is 62.6 Å². The van der Waals surface area contributed by atoms with Gasteiger partial charge in [0.15, 0.2) is 0 Å². The molecule has 1 heterocycles. The van der Waals surface area contributed by atoms with E-state index in [0.29, 0.717) is 5.56 Å². The number of hydrogen-bond donors (Lipinski definition) is 1. The number of hydrogen-bond acceptors (Lipinski definition) is 3. The smallest absolute Gasteiger partial charge is 0.225 e. The van der Waals surface area contributed by atoms with Crippen LogP contribution in [-0.4, -0.2) is 8.42 Å². The molecule has 0 amide bonds. The maximum Gasteiger partial charge on any atom is 0.240 e. The van der Waals surface area contributed by atoms with E-state index >= 15 is 0 Å². The van der Waals surface area contributed by atoms with Crippen LogP contribution in [0.4, 0.5) is 4.39 Å². The first-order chi connectivity index (χ1) is 10.9. The molecule has 2 aromatic carbocycles. The molecule has 0 aliphatic rings. The minimum atomic E-state index is -4.07. The van der Waals surface area contributed by atoms with E-state index in [1.54, 1.807) is 6.07 Å². The fraction of sp³-hybridized carbons (Fsp3) is 0. The average molecular weight is 412 g/mol. The van der Waals surface area contributed by atoms with Gasteiger partial charge in [0.05, 0.1) is 0 Å². The van der Waals surface area contributed by atoms with E-state index in [9.17, 15) is 12.8 Å². The molecule has 0 atom stereocenters. The Morgan fingerprint density at radius 2 is 1.65 bits per heavy atom. The Balaban J connectivity index is 2.11. The van der Waals surface area contributed by atoms with Crippen molar-refractivity contribution in [3.63, 3.8) is 0 Å². The number of thiophene rings is 1. The molecular weight excluding hydrogens is 401 g/mol. The lowest BCUT2D eigenvalue weighted by Crippen LogP contribution is -2.13. The van der Waals surface area contributed by atoms with Crippen molar-refractivity contribution in [2.24, 2.45) is 5.14 Å². The van der Waals surface area contributed by atoms with Crippen LogP contribution in [0.5, 0.6) is 0 Å². The number of benzene rings is 2. The van der Waals surface area contributed by atoms with Gasteiger partial charge in [-0.25, -0.2) is 17.9 Å². The maximum atomic E-state index is 14.1. The van der Waals surface area contributed by atoms with Gasteiger partial charge < -0.3 is 0 Å². The van der Waals surface area contributed by atoms with E-state index in [4.69, 9.17) is 5.14 Å². The number of rotatable bonds is 3. The van der Waals surface area contributed by atoms with Crippen molar-refractivity contribution in [3.8, 4) is 22.3 Å². The van der Waals surface area contributed by atoms with Crippen molar-refractivity contribution >= 4 is 37.3 Å². The summed E-state index contributed by atoms with van der Waals surface area (Å²) in [5.41, 5.74) is 3.39. The molecule has 7 heteroatoms.